The monoisotopic (exact) mass is 288 g/mol. The summed E-state index contributed by atoms with van der Waals surface area (Å²) in [5.74, 6) is -1.25. The molecular formula is C11H7BrF2O2. The van der Waals surface area contributed by atoms with Gasteiger partial charge in [0.25, 0.3) is 0 Å². The topological polar surface area (TPSA) is 33.4 Å². The molecule has 0 aliphatic carbocycles. The summed E-state index contributed by atoms with van der Waals surface area (Å²) in [6, 6.07) is 5.98. The third kappa shape index (κ3) is 2.31. The number of furan rings is 1. The van der Waals surface area contributed by atoms with E-state index in [4.69, 9.17) is 4.42 Å². The quantitative estimate of drug-likeness (QED) is 0.919. The van der Waals surface area contributed by atoms with Gasteiger partial charge in [0, 0.05) is 6.07 Å². The first-order chi connectivity index (χ1) is 7.56. The van der Waals surface area contributed by atoms with E-state index in [2.05, 4.69) is 15.9 Å². The van der Waals surface area contributed by atoms with Gasteiger partial charge in [-0.2, -0.15) is 0 Å². The van der Waals surface area contributed by atoms with Crippen molar-refractivity contribution in [1.82, 2.24) is 0 Å². The highest BCUT2D eigenvalue weighted by Crippen LogP contribution is 2.26. The highest BCUT2D eigenvalue weighted by Gasteiger charge is 2.16. The predicted octanol–water partition coefficient (Wildman–Crippen LogP) is 3.40. The molecule has 0 saturated heterocycles. The van der Waals surface area contributed by atoms with Crippen LogP contribution in [-0.2, 0) is 0 Å². The number of hydrogen-bond donors (Lipinski definition) is 1. The third-order valence-corrected chi connectivity index (χ3v) is 2.49. The maximum atomic E-state index is 12.9. The summed E-state index contributed by atoms with van der Waals surface area (Å²) in [6.07, 6.45) is -1.18. The Morgan fingerprint density at radius 3 is 2.25 bits per heavy atom. The molecule has 0 radical (unpaired) electrons. The number of rotatable bonds is 2. The smallest absolute Gasteiger partial charge is 0.169 e. The summed E-state index contributed by atoms with van der Waals surface area (Å²) < 4.78 is 31.4. The van der Waals surface area contributed by atoms with Crippen molar-refractivity contribution < 1.29 is 18.3 Å². The molecule has 1 aromatic heterocycles. The molecule has 0 amide bonds. The molecule has 1 N–H and O–H groups in total. The Bertz CT molecular complexity index is 490. The van der Waals surface area contributed by atoms with Crippen molar-refractivity contribution in [3.05, 3.63) is 58.0 Å². The molecule has 2 rings (SSSR count). The minimum absolute atomic E-state index is 0.111. The Kier molecular flexibility index (Phi) is 3.07. The van der Waals surface area contributed by atoms with E-state index in [0.29, 0.717) is 4.67 Å². The first-order valence-corrected chi connectivity index (χ1v) is 5.25. The van der Waals surface area contributed by atoms with E-state index in [0.717, 1.165) is 18.2 Å². The van der Waals surface area contributed by atoms with Gasteiger partial charge in [0.15, 0.2) is 4.67 Å². The molecule has 0 aliphatic rings. The lowest BCUT2D eigenvalue weighted by Gasteiger charge is -2.08. The molecule has 2 nitrogen and oxygen atoms in total. The highest BCUT2D eigenvalue weighted by atomic mass is 79.9. The number of halogens is 3. The molecule has 2 aromatic rings. The van der Waals surface area contributed by atoms with Crippen LogP contribution >= 0.6 is 15.9 Å². The second-order valence-electron chi connectivity index (χ2n) is 3.25. The van der Waals surface area contributed by atoms with Gasteiger partial charge in [-0.3, -0.25) is 0 Å². The predicted molar refractivity (Wildman–Crippen MR) is 56.8 cm³/mol. The van der Waals surface area contributed by atoms with Gasteiger partial charge in [0.05, 0.1) is 0 Å². The lowest BCUT2D eigenvalue weighted by atomic mass is 10.1. The van der Waals surface area contributed by atoms with Gasteiger partial charge >= 0.3 is 0 Å². The standard InChI is InChI=1S/C11H7BrF2O2/c12-10-2-1-9(16-10)11(15)6-3-7(13)5-8(14)4-6/h1-5,11,15H. The van der Waals surface area contributed by atoms with Gasteiger partial charge in [-0.25, -0.2) is 8.78 Å². The summed E-state index contributed by atoms with van der Waals surface area (Å²) in [6.45, 7) is 0. The molecule has 0 aliphatic heterocycles. The second kappa shape index (κ2) is 4.35. The normalized spacial score (nSPS) is 12.8. The zero-order chi connectivity index (χ0) is 11.7. The minimum Gasteiger partial charge on any atom is -0.451 e. The van der Waals surface area contributed by atoms with Crippen molar-refractivity contribution in [2.24, 2.45) is 0 Å². The minimum atomic E-state index is -1.18. The molecule has 16 heavy (non-hydrogen) atoms. The van der Waals surface area contributed by atoms with E-state index in [-0.39, 0.29) is 11.3 Å². The van der Waals surface area contributed by atoms with Crippen LogP contribution in [0.2, 0.25) is 0 Å². The van der Waals surface area contributed by atoms with E-state index in [1.165, 1.54) is 6.07 Å². The van der Waals surface area contributed by atoms with Crippen molar-refractivity contribution >= 4 is 15.9 Å². The molecule has 1 heterocycles. The lowest BCUT2D eigenvalue weighted by Crippen LogP contribution is -1.99. The molecule has 5 heteroatoms. The summed E-state index contributed by atoms with van der Waals surface area (Å²) >= 11 is 3.08. The summed E-state index contributed by atoms with van der Waals surface area (Å²) in [4.78, 5) is 0. The van der Waals surface area contributed by atoms with Crippen LogP contribution in [0.1, 0.15) is 17.4 Å². The van der Waals surface area contributed by atoms with Crippen LogP contribution in [-0.4, -0.2) is 5.11 Å². The number of aliphatic hydroxyl groups excluding tert-OH is 1. The molecule has 1 aromatic carbocycles. The van der Waals surface area contributed by atoms with Crippen LogP contribution in [0.15, 0.2) is 39.4 Å². The van der Waals surface area contributed by atoms with Gasteiger partial charge in [0.2, 0.25) is 0 Å². The fourth-order valence-electron chi connectivity index (χ4n) is 1.37. The fourth-order valence-corrected chi connectivity index (χ4v) is 1.69. The van der Waals surface area contributed by atoms with E-state index in [1.54, 1.807) is 6.07 Å². The van der Waals surface area contributed by atoms with E-state index in [1.807, 2.05) is 0 Å². The molecule has 84 valence electrons. The SMILES string of the molecule is OC(c1cc(F)cc(F)c1)c1ccc(Br)o1. The largest absolute Gasteiger partial charge is 0.451 e. The van der Waals surface area contributed by atoms with Crippen LogP contribution < -0.4 is 0 Å². The van der Waals surface area contributed by atoms with Crippen LogP contribution in [0.5, 0.6) is 0 Å². The number of hydrogen-bond acceptors (Lipinski definition) is 2. The third-order valence-electron chi connectivity index (χ3n) is 2.06. The number of benzene rings is 1. The highest BCUT2D eigenvalue weighted by molar-refractivity contribution is 9.10. The van der Waals surface area contributed by atoms with Crippen molar-refractivity contribution in [3.8, 4) is 0 Å². The van der Waals surface area contributed by atoms with Crippen LogP contribution in [0.3, 0.4) is 0 Å². The summed E-state index contributed by atoms with van der Waals surface area (Å²) in [5, 5.41) is 9.81. The van der Waals surface area contributed by atoms with E-state index in [9.17, 15) is 13.9 Å². The Hall–Kier alpha value is -1.20. The zero-order valence-electron chi connectivity index (χ0n) is 7.95. The molecule has 1 atom stereocenters. The molecule has 0 bridgehead atoms. The summed E-state index contributed by atoms with van der Waals surface area (Å²) in [5.41, 5.74) is 0.111. The molecule has 0 spiro atoms. The maximum Gasteiger partial charge on any atom is 0.169 e. The Morgan fingerprint density at radius 2 is 1.75 bits per heavy atom. The van der Waals surface area contributed by atoms with Crippen LogP contribution in [0.25, 0.3) is 0 Å². The van der Waals surface area contributed by atoms with Crippen molar-refractivity contribution in [3.63, 3.8) is 0 Å². The van der Waals surface area contributed by atoms with E-state index < -0.39 is 17.7 Å². The van der Waals surface area contributed by atoms with Gasteiger partial charge in [-0.05, 0) is 45.8 Å². The van der Waals surface area contributed by atoms with Gasteiger partial charge in [-0.1, -0.05) is 0 Å². The average molecular weight is 289 g/mol. The van der Waals surface area contributed by atoms with Crippen molar-refractivity contribution in [1.29, 1.82) is 0 Å². The lowest BCUT2D eigenvalue weighted by molar-refractivity contribution is 0.187. The maximum absolute atomic E-state index is 12.9. The first kappa shape index (κ1) is 11.3. The Labute approximate surface area is 98.6 Å². The fraction of sp³-hybridized carbons (Fsp3) is 0.0909. The molecule has 0 saturated carbocycles. The molecular weight excluding hydrogens is 282 g/mol. The van der Waals surface area contributed by atoms with Gasteiger partial charge < -0.3 is 9.52 Å². The Balaban J connectivity index is 2.37. The Morgan fingerprint density at radius 1 is 1.12 bits per heavy atom. The summed E-state index contributed by atoms with van der Waals surface area (Å²) in [7, 11) is 0. The van der Waals surface area contributed by atoms with Crippen molar-refractivity contribution in [2.75, 3.05) is 0 Å². The zero-order valence-corrected chi connectivity index (χ0v) is 9.54. The van der Waals surface area contributed by atoms with Crippen molar-refractivity contribution in [2.45, 2.75) is 6.10 Å². The van der Waals surface area contributed by atoms with Crippen LogP contribution in [0, 0.1) is 11.6 Å². The molecule has 1 unspecified atom stereocenters. The van der Waals surface area contributed by atoms with E-state index >= 15 is 0 Å². The molecule has 0 fully saturated rings. The van der Waals surface area contributed by atoms with Gasteiger partial charge in [-0.15, -0.1) is 0 Å². The van der Waals surface area contributed by atoms with Gasteiger partial charge in [0.1, 0.15) is 23.5 Å². The average Bonchev–Trinajstić information content (AvgIpc) is 2.62. The number of aliphatic hydroxyl groups is 1. The second-order valence-corrected chi connectivity index (χ2v) is 4.03. The van der Waals surface area contributed by atoms with Crippen LogP contribution in [0.4, 0.5) is 8.78 Å². The first-order valence-electron chi connectivity index (χ1n) is 4.45.